The summed E-state index contributed by atoms with van der Waals surface area (Å²) in [5.74, 6) is 1.49. The minimum atomic E-state index is -0.548. The van der Waals surface area contributed by atoms with Gasteiger partial charge in [0.1, 0.15) is 5.75 Å². The topological polar surface area (TPSA) is 64.1 Å². The average Bonchev–Trinajstić information content (AvgIpc) is 2.99. The summed E-state index contributed by atoms with van der Waals surface area (Å²) in [5.41, 5.74) is 1.15. The van der Waals surface area contributed by atoms with Gasteiger partial charge in [-0.25, -0.2) is 0 Å². The minimum Gasteiger partial charge on any atom is -0.481 e. The minimum absolute atomic E-state index is 0.198. The summed E-state index contributed by atoms with van der Waals surface area (Å²) in [6.45, 7) is 6.05. The van der Waals surface area contributed by atoms with Gasteiger partial charge in [0.25, 0.3) is 5.91 Å². The van der Waals surface area contributed by atoms with Gasteiger partial charge in [-0.15, -0.1) is 10.2 Å². The number of carbonyl (C=O) groups is 1. The molecule has 1 aromatic carbocycles. The molecule has 1 unspecified atom stereocenters. The first-order valence-corrected chi connectivity index (χ1v) is 9.43. The van der Waals surface area contributed by atoms with Crippen LogP contribution in [0, 0.1) is 6.92 Å². The number of carbonyl (C=O) groups excluding carboxylic acids is 1. The maximum Gasteiger partial charge on any atom is 0.267 e. The number of nitrogens with one attached hydrogen (secondary N) is 1. The molecule has 0 saturated carbocycles. The summed E-state index contributed by atoms with van der Waals surface area (Å²) in [7, 11) is 0. The zero-order valence-corrected chi connectivity index (χ0v) is 15.2. The highest BCUT2D eigenvalue weighted by molar-refractivity contribution is 8.01. The molecule has 23 heavy (non-hydrogen) atoms. The van der Waals surface area contributed by atoms with E-state index in [0.717, 1.165) is 22.1 Å². The Kier molecular flexibility index (Phi) is 6.85. The number of anilines is 1. The van der Waals surface area contributed by atoms with Crippen molar-refractivity contribution in [3.63, 3.8) is 0 Å². The second-order valence-corrected chi connectivity index (χ2v) is 7.36. The Morgan fingerprint density at radius 3 is 2.70 bits per heavy atom. The van der Waals surface area contributed by atoms with E-state index in [1.165, 1.54) is 11.3 Å². The first-order chi connectivity index (χ1) is 11.1. The lowest BCUT2D eigenvalue weighted by atomic mass is 10.2. The van der Waals surface area contributed by atoms with Gasteiger partial charge in [-0.2, -0.15) is 0 Å². The highest BCUT2D eigenvalue weighted by Crippen LogP contribution is 2.26. The van der Waals surface area contributed by atoms with Gasteiger partial charge >= 0.3 is 0 Å². The fraction of sp³-hybridized carbons (Fsp3) is 0.438. The van der Waals surface area contributed by atoms with E-state index in [-0.39, 0.29) is 5.91 Å². The largest absolute Gasteiger partial charge is 0.481 e. The summed E-state index contributed by atoms with van der Waals surface area (Å²) in [6, 6.07) is 7.66. The second-order valence-electron chi connectivity index (χ2n) is 5.04. The van der Waals surface area contributed by atoms with Crippen molar-refractivity contribution in [2.75, 3.05) is 11.1 Å². The number of nitrogens with zero attached hydrogens (tertiary/aromatic N) is 2. The van der Waals surface area contributed by atoms with Crippen molar-refractivity contribution in [3.8, 4) is 5.75 Å². The molecule has 1 atom stereocenters. The molecule has 2 aromatic rings. The molecule has 5 nitrogen and oxygen atoms in total. The summed E-state index contributed by atoms with van der Waals surface area (Å²) < 4.78 is 6.63. The van der Waals surface area contributed by atoms with Crippen LogP contribution >= 0.6 is 23.1 Å². The molecule has 1 N–H and O–H groups in total. The Labute approximate surface area is 144 Å². The van der Waals surface area contributed by atoms with Gasteiger partial charge in [0, 0.05) is 5.75 Å². The predicted octanol–water partition coefficient (Wildman–Crippen LogP) is 4.14. The molecule has 7 heteroatoms. The number of ether oxygens (including phenoxy) is 1. The maximum absolute atomic E-state index is 12.3. The lowest BCUT2D eigenvalue weighted by Gasteiger charge is -2.16. The number of benzene rings is 1. The number of rotatable bonds is 8. The lowest BCUT2D eigenvalue weighted by Crippen LogP contribution is -2.32. The van der Waals surface area contributed by atoms with Gasteiger partial charge in [-0.1, -0.05) is 54.6 Å². The molecule has 0 bridgehead atoms. The van der Waals surface area contributed by atoms with E-state index in [9.17, 15) is 4.79 Å². The van der Waals surface area contributed by atoms with E-state index in [1.807, 2.05) is 38.1 Å². The average molecular weight is 351 g/mol. The normalized spacial score (nSPS) is 12.0. The van der Waals surface area contributed by atoms with Crippen LogP contribution in [-0.4, -0.2) is 28.0 Å². The van der Waals surface area contributed by atoms with Crippen molar-refractivity contribution in [3.05, 3.63) is 29.8 Å². The van der Waals surface area contributed by atoms with E-state index in [1.54, 1.807) is 11.8 Å². The summed E-state index contributed by atoms with van der Waals surface area (Å²) in [4.78, 5) is 12.3. The van der Waals surface area contributed by atoms with Crippen LogP contribution in [0.4, 0.5) is 5.13 Å². The quantitative estimate of drug-likeness (QED) is 0.572. The molecule has 0 spiro atoms. The molecule has 0 aliphatic carbocycles. The van der Waals surface area contributed by atoms with Crippen LogP contribution in [0.2, 0.25) is 0 Å². The number of aryl methyl sites for hydroxylation is 1. The van der Waals surface area contributed by atoms with Gasteiger partial charge < -0.3 is 4.74 Å². The molecular formula is C16H21N3O2S2. The molecule has 0 radical (unpaired) electrons. The second kappa shape index (κ2) is 8.88. The van der Waals surface area contributed by atoms with Crippen molar-refractivity contribution in [1.29, 1.82) is 0 Å². The third kappa shape index (κ3) is 5.51. The molecule has 1 amide bonds. The van der Waals surface area contributed by atoms with Crippen LogP contribution in [0.1, 0.15) is 32.3 Å². The molecule has 2 rings (SSSR count). The summed E-state index contributed by atoms with van der Waals surface area (Å²) in [6.07, 6.45) is 1.11. The zero-order valence-electron chi connectivity index (χ0n) is 13.5. The number of amides is 1. The standard InChI is InChI=1S/C16H21N3O2S2/c1-4-10-22-16-19-18-15(23-16)17-14(20)13(5-2)21-12-8-6-11(3)7-9-12/h6-9,13H,4-5,10H2,1-3H3,(H,17,18,20). The van der Waals surface area contributed by atoms with E-state index < -0.39 is 6.10 Å². The first kappa shape index (κ1) is 17.7. The van der Waals surface area contributed by atoms with Crippen LogP contribution in [0.15, 0.2) is 28.6 Å². The highest BCUT2D eigenvalue weighted by atomic mass is 32.2. The predicted molar refractivity (Wildman–Crippen MR) is 95.4 cm³/mol. The number of hydrogen-bond acceptors (Lipinski definition) is 6. The maximum atomic E-state index is 12.3. The van der Waals surface area contributed by atoms with Crippen molar-refractivity contribution in [2.45, 2.75) is 44.1 Å². The van der Waals surface area contributed by atoms with Gasteiger partial charge in [-0.3, -0.25) is 10.1 Å². The van der Waals surface area contributed by atoms with Crippen LogP contribution < -0.4 is 10.1 Å². The van der Waals surface area contributed by atoms with Crippen LogP contribution in [0.5, 0.6) is 5.75 Å². The fourth-order valence-electron chi connectivity index (χ4n) is 1.80. The van der Waals surface area contributed by atoms with Gasteiger partial charge in [0.15, 0.2) is 10.4 Å². The van der Waals surface area contributed by atoms with Crippen LogP contribution in [0.3, 0.4) is 0 Å². The zero-order chi connectivity index (χ0) is 16.7. The van der Waals surface area contributed by atoms with E-state index >= 15 is 0 Å². The molecule has 124 valence electrons. The smallest absolute Gasteiger partial charge is 0.267 e. The molecule has 0 aliphatic heterocycles. The number of hydrogen-bond donors (Lipinski definition) is 1. The summed E-state index contributed by atoms with van der Waals surface area (Å²) >= 11 is 3.04. The Morgan fingerprint density at radius 1 is 1.30 bits per heavy atom. The van der Waals surface area contributed by atoms with Crippen molar-refractivity contribution >= 4 is 34.1 Å². The molecule has 0 saturated heterocycles. The first-order valence-electron chi connectivity index (χ1n) is 7.62. The van der Waals surface area contributed by atoms with Crippen molar-refractivity contribution < 1.29 is 9.53 Å². The SMILES string of the molecule is CCCSc1nnc(NC(=O)C(CC)Oc2ccc(C)cc2)s1. The van der Waals surface area contributed by atoms with Gasteiger partial charge in [-0.05, 0) is 31.9 Å². The Hall–Kier alpha value is -1.60. The molecular weight excluding hydrogens is 330 g/mol. The van der Waals surface area contributed by atoms with Crippen LogP contribution in [0.25, 0.3) is 0 Å². The van der Waals surface area contributed by atoms with Crippen molar-refractivity contribution in [1.82, 2.24) is 10.2 Å². The molecule has 1 heterocycles. The number of thioether (sulfide) groups is 1. The fourth-order valence-corrected chi connectivity index (χ4v) is 3.48. The van der Waals surface area contributed by atoms with E-state index in [2.05, 4.69) is 22.4 Å². The van der Waals surface area contributed by atoms with Gasteiger partial charge in [0.2, 0.25) is 5.13 Å². The Morgan fingerprint density at radius 2 is 2.04 bits per heavy atom. The Bertz CT molecular complexity index is 629. The van der Waals surface area contributed by atoms with E-state index in [0.29, 0.717) is 17.3 Å². The van der Waals surface area contributed by atoms with Gasteiger partial charge in [0.05, 0.1) is 0 Å². The highest BCUT2D eigenvalue weighted by Gasteiger charge is 2.20. The molecule has 0 aliphatic rings. The monoisotopic (exact) mass is 351 g/mol. The third-order valence-corrected chi connectivity index (χ3v) is 5.21. The third-order valence-electron chi connectivity index (χ3n) is 3.03. The summed E-state index contributed by atoms with van der Waals surface area (Å²) in [5, 5.41) is 11.4. The lowest BCUT2D eigenvalue weighted by molar-refractivity contribution is -0.122. The van der Waals surface area contributed by atoms with E-state index in [4.69, 9.17) is 4.74 Å². The van der Waals surface area contributed by atoms with Crippen molar-refractivity contribution in [2.24, 2.45) is 0 Å². The Balaban J connectivity index is 1.94. The molecule has 0 fully saturated rings. The number of aromatic nitrogens is 2. The van der Waals surface area contributed by atoms with Crippen LogP contribution in [-0.2, 0) is 4.79 Å². The molecule has 1 aromatic heterocycles.